The molecule has 214 valence electrons. The predicted octanol–water partition coefficient (Wildman–Crippen LogP) is 3.80. The number of thiazole rings is 1. The Balaban J connectivity index is 1.73. The fourth-order valence-electron chi connectivity index (χ4n) is 4.66. The first-order valence-corrected chi connectivity index (χ1v) is 14.2. The maximum atomic E-state index is 14.0. The van der Waals surface area contributed by atoms with Crippen LogP contribution < -0.4 is 24.4 Å². The van der Waals surface area contributed by atoms with Crippen molar-refractivity contribution in [2.24, 2.45) is 4.99 Å². The van der Waals surface area contributed by atoms with Gasteiger partial charge in [0.1, 0.15) is 11.5 Å². The van der Waals surface area contributed by atoms with Gasteiger partial charge in [0, 0.05) is 5.56 Å². The fraction of sp³-hybridized carbons (Fsp3) is 0.188. The molecule has 0 spiro atoms. The first-order valence-electron chi connectivity index (χ1n) is 13.4. The molecule has 1 atom stereocenters. The summed E-state index contributed by atoms with van der Waals surface area (Å²) in [6.07, 6.45) is 1.70. The number of aromatic nitrogens is 1. The van der Waals surface area contributed by atoms with Crippen molar-refractivity contribution in [3.63, 3.8) is 0 Å². The number of carboxylic acids is 1. The monoisotopic (exact) mass is 584 g/mol. The Morgan fingerprint density at radius 2 is 1.71 bits per heavy atom. The lowest BCUT2D eigenvalue weighted by Crippen LogP contribution is -2.40. The summed E-state index contributed by atoms with van der Waals surface area (Å²) in [5.41, 5.74) is 2.43. The Kier molecular flexibility index (Phi) is 8.63. The maximum Gasteiger partial charge on any atom is 0.341 e. The molecule has 5 rings (SSSR count). The van der Waals surface area contributed by atoms with Crippen molar-refractivity contribution in [1.82, 2.24) is 4.57 Å². The van der Waals surface area contributed by atoms with Crippen molar-refractivity contribution in [2.45, 2.75) is 19.9 Å². The Morgan fingerprint density at radius 1 is 0.952 bits per heavy atom. The van der Waals surface area contributed by atoms with Crippen LogP contribution in [0.3, 0.4) is 0 Å². The molecule has 0 fully saturated rings. The van der Waals surface area contributed by atoms with E-state index in [1.165, 1.54) is 15.9 Å². The van der Waals surface area contributed by atoms with Crippen LogP contribution in [-0.2, 0) is 14.3 Å². The zero-order valence-corrected chi connectivity index (χ0v) is 23.8. The number of aliphatic carboxylic acids is 1. The standard InChI is InChI=1S/C32H28N2O7S/c1-3-39-23-15-13-22(14-16-23)29-27(31(38)40-4-2)28(21-10-6-5-7-11-21)33-32-34(29)30(37)25(42-32)18-20-9-8-12-24(17-20)41-19-26(35)36/h5-18,29H,3-4,19H2,1-2H3,(H,35,36)/b25-18-. The van der Waals surface area contributed by atoms with E-state index in [9.17, 15) is 14.4 Å². The van der Waals surface area contributed by atoms with Crippen molar-refractivity contribution >= 4 is 35.0 Å². The van der Waals surface area contributed by atoms with Gasteiger partial charge in [0.05, 0.1) is 35.1 Å². The van der Waals surface area contributed by atoms with E-state index in [4.69, 9.17) is 24.3 Å². The molecule has 0 aliphatic carbocycles. The molecule has 1 aromatic heterocycles. The lowest BCUT2D eigenvalue weighted by atomic mass is 9.93. The molecule has 0 saturated carbocycles. The van der Waals surface area contributed by atoms with Gasteiger partial charge in [-0.15, -0.1) is 0 Å². The number of ether oxygens (including phenoxy) is 3. The highest BCUT2D eigenvalue weighted by molar-refractivity contribution is 7.07. The average molecular weight is 585 g/mol. The highest BCUT2D eigenvalue weighted by Crippen LogP contribution is 2.35. The summed E-state index contributed by atoms with van der Waals surface area (Å²) in [6.45, 7) is 3.81. The second kappa shape index (κ2) is 12.7. The minimum absolute atomic E-state index is 0.158. The molecule has 9 nitrogen and oxygen atoms in total. The van der Waals surface area contributed by atoms with Gasteiger partial charge in [-0.05, 0) is 55.3 Å². The quantitative estimate of drug-likeness (QED) is 0.282. The molecule has 1 N–H and O–H groups in total. The minimum atomic E-state index is -1.09. The molecular formula is C32H28N2O7S. The maximum absolute atomic E-state index is 14.0. The van der Waals surface area contributed by atoms with E-state index in [-0.39, 0.29) is 17.7 Å². The number of hydrogen-bond acceptors (Lipinski definition) is 8. The van der Waals surface area contributed by atoms with Gasteiger partial charge in [0.25, 0.3) is 5.56 Å². The largest absolute Gasteiger partial charge is 0.494 e. The van der Waals surface area contributed by atoms with Crippen molar-refractivity contribution in [2.75, 3.05) is 19.8 Å². The Hall–Kier alpha value is -4.96. The van der Waals surface area contributed by atoms with Gasteiger partial charge in [0.15, 0.2) is 11.4 Å². The second-order valence-electron chi connectivity index (χ2n) is 9.19. The summed E-state index contributed by atoms with van der Waals surface area (Å²) < 4.78 is 18.3. The van der Waals surface area contributed by atoms with E-state index in [0.717, 1.165) is 5.56 Å². The lowest BCUT2D eigenvalue weighted by Gasteiger charge is -2.26. The van der Waals surface area contributed by atoms with Gasteiger partial charge >= 0.3 is 11.9 Å². The SMILES string of the molecule is CCOC(=O)C1=C(c2ccccc2)N=c2s/c(=C\c3cccc(OCC(=O)O)c3)c(=O)n2C1c1ccc(OCC)cc1. The van der Waals surface area contributed by atoms with Crippen LogP contribution >= 0.6 is 11.3 Å². The first-order chi connectivity index (χ1) is 20.4. The van der Waals surface area contributed by atoms with Crippen molar-refractivity contribution < 1.29 is 28.9 Å². The van der Waals surface area contributed by atoms with Crippen LogP contribution in [0.1, 0.15) is 36.6 Å². The summed E-state index contributed by atoms with van der Waals surface area (Å²) in [5.74, 6) is -0.614. The second-order valence-corrected chi connectivity index (χ2v) is 10.2. The molecule has 42 heavy (non-hydrogen) atoms. The summed E-state index contributed by atoms with van der Waals surface area (Å²) in [5, 5.41) is 8.94. The lowest BCUT2D eigenvalue weighted by molar-refractivity contribution is -0.140. The Bertz CT molecular complexity index is 1820. The van der Waals surface area contributed by atoms with Crippen molar-refractivity contribution in [3.8, 4) is 11.5 Å². The van der Waals surface area contributed by atoms with Gasteiger partial charge in [-0.25, -0.2) is 14.6 Å². The van der Waals surface area contributed by atoms with Gasteiger partial charge < -0.3 is 19.3 Å². The third kappa shape index (κ3) is 6.03. The molecule has 4 aromatic rings. The van der Waals surface area contributed by atoms with Crippen LogP contribution in [0, 0.1) is 0 Å². The Morgan fingerprint density at radius 3 is 2.40 bits per heavy atom. The number of nitrogens with zero attached hydrogens (tertiary/aromatic N) is 2. The normalized spacial score (nSPS) is 14.6. The van der Waals surface area contributed by atoms with Crippen LogP contribution in [-0.4, -0.2) is 41.4 Å². The number of carbonyl (C=O) groups is 2. The molecule has 10 heteroatoms. The van der Waals surface area contributed by atoms with Crippen molar-refractivity contribution in [1.29, 1.82) is 0 Å². The highest BCUT2D eigenvalue weighted by Gasteiger charge is 2.35. The number of fused-ring (bicyclic) bond motifs is 1. The number of benzene rings is 3. The van der Waals surface area contributed by atoms with E-state index in [0.29, 0.717) is 44.3 Å². The molecule has 0 radical (unpaired) electrons. The average Bonchev–Trinajstić information content (AvgIpc) is 3.30. The number of hydrogen-bond donors (Lipinski definition) is 1. The molecule has 1 aliphatic rings. The van der Waals surface area contributed by atoms with E-state index >= 15 is 0 Å². The fourth-order valence-corrected chi connectivity index (χ4v) is 5.66. The smallest absolute Gasteiger partial charge is 0.341 e. The van der Waals surface area contributed by atoms with E-state index in [1.54, 1.807) is 37.3 Å². The zero-order chi connectivity index (χ0) is 29.6. The van der Waals surface area contributed by atoms with Crippen LogP contribution in [0.4, 0.5) is 0 Å². The molecule has 0 bridgehead atoms. The Labute approximate surface area is 245 Å². The number of esters is 1. The molecule has 3 aromatic carbocycles. The minimum Gasteiger partial charge on any atom is -0.494 e. The third-order valence-electron chi connectivity index (χ3n) is 6.40. The van der Waals surface area contributed by atoms with Gasteiger partial charge in [0.2, 0.25) is 0 Å². The van der Waals surface area contributed by atoms with Crippen LogP contribution in [0.5, 0.6) is 11.5 Å². The summed E-state index contributed by atoms with van der Waals surface area (Å²) >= 11 is 1.20. The summed E-state index contributed by atoms with van der Waals surface area (Å²) in [6, 6.07) is 22.6. The van der Waals surface area contributed by atoms with Gasteiger partial charge in [-0.3, -0.25) is 9.36 Å². The van der Waals surface area contributed by atoms with Crippen LogP contribution in [0.15, 0.2) is 94.2 Å². The van der Waals surface area contributed by atoms with Crippen LogP contribution in [0.25, 0.3) is 11.8 Å². The number of rotatable bonds is 10. The van der Waals surface area contributed by atoms with E-state index in [2.05, 4.69) is 0 Å². The zero-order valence-electron chi connectivity index (χ0n) is 23.0. The predicted molar refractivity (Wildman–Crippen MR) is 158 cm³/mol. The number of carboxylic acid groups (broad SMARTS) is 1. The van der Waals surface area contributed by atoms with Crippen molar-refractivity contribution in [3.05, 3.63) is 121 Å². The van der Waals surface area contributed by atoms with Crippen LogP contribution in [0.2, 0.25) is 0 Å². The molecule has 2 heterocycles. The summed E-state index contributed by atoms with van der Waals surface area (Å²) in [4.78, 5) is 43.8. The molecule has 0 saturated heterocycles. The topological polar surface area (TPSA) is 116 Å². The molecular weight excluding hydrogens is 556 g/mol. The highest BCUT2D eigenvalue weighted by atomic mass is 32.1. The third-order valence-corrected chi connectivity index (χ3v) is 7.38. The van der Waals surface area contributed by atoms with Gasteiger partial charge in [-0.2, -0.15) is 0 Å². The molecule has 1 aliphatic heterocycles. The summed E-state index contributed by atoms with van der Waals surface area (Å²) in [7, 11) is 0. The van der Waals surface area contributed by atoms with E-state index in [1.807, 2.05) is 61.5 Å². The van der Waals surface area contributed by atoms with Gasteiger partial charge in [-0.1, -0.05) is 65.9 Å². The molecule has 0 amide bonds. The first kappa shape index (κ1) is 28.6. The van der Waals surface area contributed by atoms with E-state index < -0.39 is 24.6 Å². The molecule has 1 unspecified atom stereocenters. The number of carbonyl (C=O) groups excluding carboxylic acids is 1.